The first-order chi connectivity index (χ1) is 16.5. The Bertz CT molecular complexity index is 1300. The van der Waals surface area contributed by atoms with Crippen LogP contribution in [0.15, 0.2) is 51.6 Å². The number of halogens is 2. The summed E-state index contributed by atoms with van der Waals surface area (Å²) in [6.07, 6.45) is 2.11. The van der Waals surface area contributed by atoms with Crippen LogP contribution in [0.3, 0.4) is 0 Å². The van der Waals surface area contributed by atoms with E-state index in [4.69, 9.17) is 37.3 Å². The minimum absolute atomic E-state index is 0.338. The molecule has 1 aliphatic heterocycles. The van der Waals surface area contributed by atoms with Crippen LogP contribution in [0.25, 0.3) is 22.6 Å². The van der Waals surface area contributed by atoms with Gasteiger partial charge < -0.3 is 9.15 Å². The zero-order valence-corrected chi connectivity index (χ0v) is 21.6. The summed E-state index contributed by atoms with van der Waals surface area (Å²) in [5.74, 6) is 1.71. The normalized spacial score (nSPS) is 15.0. The summed E-state index contributed by atoms with van der Waals surface area (Å²) in [6.45, 7) is 2.71. The molecular formula is C25H22Cl2N2O3S2. The van der Waals surface area contributed by atoms with Gasteiger partial charge in [-0.25, -0.2) is 9.78 Å². The van der Waals surface area contributed by atoms with Crippen LogP contribution < -0.4 is 0 Å². The van der Waals surface area contributed by atoms with Crippen molar-refractivity contribution in [1.29, 1.82) is 0 Å². The number of carbonyl (C=O) groups is 1. The number of nitrogens with zero attached hydrogens (tertiary/aromatic N) is 2. The number of likely N-dealkylation sites (tertiary alicyclic amines) is 1. The Kier molecular flexibility index (Phi) is 7.09. The van der Waals surface area contributed by atoms with Crippen molar-refractivity contribution >= 4 is 51.8 Å². The Morgan fingerprint density at radius 2 is 1.97 bits per heavy atom. The Morgan fingerprint density at radius 1 is 1.15 bits per heavy atom. The maximum Gasteiger partial charge on any atom is 0.348 e. The monoisotopic (exact) mass is 532 g/mol. The molecule has 1 aromatic carbocycles. The maximum absolute atomic E-state index is 12.0. The van der Waals surface area contributed by atoms with Gasteiger partial charge in [-0.1, -0.05) is 29.3 Å². The molecular weight excluding hydrogens is 511 g/mol. The fraction of sp³-hybridized carbons (Fsp3) is 0.280. The van der Waals surface area contributed by atoms with Gasteiger partial charge in [0, 0.05) is 22.4 Å². The topological polar surface area (TPSA) is 55.6 Å². The van der Waals surface area contributed by atoms with Crippen LogP contribution in [-0.4, -0.2) is 36.1 Å². The van der Waals surface area contributed by atoms with Crippen LogP contribution in [-0.2, 0) is 11.3 Å². The molecule has 1 aliphatic rings. The fourth-order valence-electron chi connectivity index (χ4n) is 4.18. The van der Waals surface area contributed by atoms with E-state index in [0.717, 1.165) is 55.1 Å². The van der Waals surface area contributed by atoms with Gasteiger partial charge in [0.15, 0.2) is 0 Å². The van der Waals surface area contributed by atoms with Crippen LogP contribution in [0.5, 0.6) is 0 Å². The predicted octanol–water partition coefficient (Wildman–Crippen LogP) is 7.60. The number of ether oxygens (including phenoxy) is 1. The van der Waals surface area contributed by atoms with Crippen molar-refractivity contribution in [3.8, 4) is 22.6 Å². The van der Waals surface area contributed by atoms with Gasteiger partial charge in [-0.2, -0.15) is 0 Å². The van der Waals surface area contributed by atoms with Crippen molar-refractivity contribution in [2.75, 3.05) is 20.2 Å². The molecule has 176 valence electrons. The summed E-state index contributed by atoms with van der Waals surface area (Å²) in [7, 11) is 1.39. The SMILES string of the molecule is COC(=O)c1sccc1-c1ccc(CN2CCC(c3nc(-c4ccc(Cl)c(Cl)c4)cs3)CC2)o1. The highest BCUT2D eigenvalue weighted by molar-refractivity contribution is 7.12. The van der Waals surface area contributed by atoms with Crippen LogP contribution in [0.1, 0.15) is 39.2 Å². The standard InChI is InChI=1S/C25H22Cl2N2O3S2/c1-31-25(30)23-18(8-11-33-23)22-5-3-17(32-22)13-29-9-6-15(7-10-29)24-28-21(14-34-24)16-2-4-19(26)20(27)12-16/h2-5,8,11-12,14-15H,6-7,9-10,13H2,1H3. The number of carbonyl (C=O) groups excluding carboxylic acids is 1. The van der Waals surface area contributed by atoms with Gasteiger partial charge in [0.1, 0.15) is 16.4 Å². The number of aromatic nitrogens is 1. The van der Waals surface area contributed by atoms with Gasteiger partial charge >= 0.3 is 5.97 Å². The molecule has 4 aromatic rings. The number of hydrogen-bond donors (Lipinski definition) is 0. The van der Waals surface area contributed by atoms with Gasteiger partial charge in [0.25, 0.3) is 0 Å². The molecule has 0 unspecified atom stereocenters. The maximum atomic E-state index is 12.0. The Hall–Kier alpha value is -2.16. The summed E-state index contributed by atoms with van der Waals surface area (Å²) in [5.41, 5.74) is 2.72. The van der Waals surface area contributed by atoms with Gasteiger partial charge in [0.2, 0.25) is 0 Å². The average molecular weight is 534 g/mol. The second-order valence-corrected chi connectivity index (χ2v) is 10.8. The van der Waals surface area contributed by atoms with E-state index in [-0.39, 0.29) is 5.97 Å². The molecule has 0 aliphatic carbocycles. The van der Waals surface area contributed by atoms with Gasteiger partial charge in [0.05, 0.1) is 34.4 Å². The Balaban J connectivity index is 1.19. The number of benzene rings is 1. The highest BCUT2D eigenvalue weighted by Crippen LogP contribution is 2.35. The average Bonchev–Trinajstić information content (AvgIpc) is 3.61. The smallest absolute Gasteiger partial charge is 0.348 e. The van der Waals surface area contributed by atoms with Crippen molar-refractivity contribution in [1.82, 2.24) is 9.88 Å². The molecule has 0 bridgehead atoms. The lowest BCUT2D eigenvalue weighted by Gasteiger charge is -2.30. The minimum atomic E-state index is -0.338. The second-order valence-electron chi connectivity index (χ2n) is 8.17. The van der Waals surface area contributed by atoms with Crippen LogP contribution in [0.2, 0.25) is 10.0 Å². The second kappa shape index (κ2) is 10.2. The third-order valence-corrected chi connectivity index (χ3v) is 8.66. The van der Waals surface area contributed by atoms with Crippen molar-refractivity contribution in [2.45, 2.75) is 25.3 Å². The van der Waals surface area contributed by atoms with E-state index >= 15 is 0 Å². The van der Waals surface area contributed by atoms with Gasteiger partial charge in [-0.3, -0.25) is 4.90 Å². The third kappa shape index (κ3) is 4.95. The van der Waals surface area contributed by atoms with Crippen LogP contribution in [0.4, 0.5) is 0 Å². The molecule has 0 saturated carbocycles. The lowest BCUT2D eigenvalue weighted by molar-refractivity contribution is 0.0607. The highest BCUT2D eigenvalue weighted by Gasteiger charge is 2.24. The molecule has 9 heteroatoms. The van der Waals surface area contributed by atoms with Gasteiger partial charge in [-0.05, 0) is 61.6 Å². The first-order valence-electron chi connectivity index (χ1n) is 10.9. The number of thiazole rings is 1. The molecule has 34 heavy (non-hydrogen) atoms. The molecule has 0 atom stereocenters. The number of furan rings is 1. The number of esters is 1. The van der Waals surface area contributed by atoms with E-state index in [2.05, 4.69) is 10.3 Å². The lowest BCUT2D eigenvalue weighted by Crippen LogP contribution is -2.32. The quantitative estimate of drug-likeness (QED) is 0.239. The molecule has 0 radical (unpaired) electrons. The predicted molar refractivity (Wildman–Crippen MR) is 138 cm³/mol. The minimum Gasteiger partial charge on any atom is -0.465 e. The zero-order valence-electron chi connectivity index (χ0n) is 18.4. The lowest BCUT2D eigenvalue weighted by atomic mass is 9.97. The molecule has 5 rings (SSSR count). The molecule has 1 saturated heterocycles. The van der Waals surface area contributed by atoms with Crippen molar-refractivity contribution in [2.24, 2.45) is 0 Å². The van der Waals surface area contributed by atoms with Crippen molar-refractivity contribution < 1.29 is 13.9 Å². The molecule has 1 fully saturated rings. The molecule has 4 heterocycles. The number of hydrogen-bond acceptors (Lipinski definition) is 7. The van der Waals surface area contributed by atoms with E-state index < -0.39 is 0 Å². The van der Waals surface area contributed by atoms with Crippen LogP contribution >= 0.6 is 45.9 Å². The van der Waals surface area contributed by atoms with E-state index in [1.807, 2.05) is 41.8 Å². The fourth-order valence-corrected chi connectivity index (χ4v) is 6.30. The number of methoxy groups -OCH3 is 1. The van der Waals surface area contributed by atoms with E-state index in [1.54, 1.807) is 11.3 Å². The van der Waals surface area contributed by atoms with E-state index in [9.17, 15) is 4.79 Å². The number of rotatable bonds is 6. The summed E-state index contributed by atoms with van der Waals surface area (Å²) in [6, 6.07) is 11.4. The first-order valence-corrected chi connectivity index (χ1v) is 13.4. The largest absolute Gasteiger partial charge is 0.465 e. The first kappa shape index (κ1) is 23.6. The van der Waals surface area contributed by atoms with Crippen molar-refractivity contribution in [3.05, 3.63) is 72.8 Å². The molecule has 5 nitrogen and oxygen atoms in total. The van der Waals surface area contributed by atoms with Crippen molar-refractivity contribution in [3.63, 3.8) is 0 Å². The Labute approximate surface area is 215 Å². The Morgan fingerprint density at radius 3 is 2.74 bits per heavy atom. The summed E-state index contributed by atoms with van der Waals surface area (Å²) < 4.78 is 10.9. The van der Waals surface area contributed by atoms with E-state index in [1.165, 1.54) is 23.5 Å². The molecule has 0 spiro atoms. The third-order valence-electron chi connectivity index (χ3n) is 6.02. The zero-order chi connectivity index (χ0) is 23.7. The molecule has 3 aromatic heterocycles. The highest BCUT2D eigenvalue weighted by atomic mass is 35.5. The number of piperidine rings is 1. The molecule has 0 amide bonds. The summed E-state index contributed by atoms with van der Waals surface area (Å²) in [4.78, 5) is 19.8. The molecule has 0 N–H and O–H groups in total. The van der Waals surface area contributed by atoms with Gasteiger partial charge in [-0.15, -0.1) is 22.7 Å². The van der Waals surface area contributed by atoms with E-state index in [0.29, 0.717) is 26.6 Å². The number of thiophene rings is 1. The summed E-state index contributed by atoms with van der Waals surface area (Å²) >= 11 is 15.3. The summed E-state index contributed by atoms with van der Waals surface area (Å²) in [5, 5.41) is 6.24. The van der Waals surface area contributed by atoms with Crippen LogP contribution in [0, 0.1) is 0 Å².